The third kappa shape index (κ3) is 6.50. The fraction of sp³-hybridized carbons (Fsp3) is 0.415. The third-order valence-corrected chi connectivity index (χ3v) is 12.0. The number of imidazole rings is 1. The lowest BCUT2D eigenvalue weighted by molar-refractivity contribution is -0.134. The van der Waals surface area contributed by atoms with Gasteiger partial charge < -0.3 is 19.5 Å². The van der Waals surface area contributed by atoms with E-state index in [9.17, 15) is 14.4 Å². The number of carbonyl (C=O) groups is 3. The van der Waals surface area contributed by atoms with Crippen molar-refractivity contribution in [2.24, 2.45) is 5.92 Å². The van der Waals surface area contributed by atoms with Crippen LogP contribution in [0.3, 0.4) is 0 Å². The molecule has 278 valence electrons. The summed E-state index contributed by atoms with van der Waals surface area (Å²) in [7, 11) is 1.58. The summed E-state index contributed by atoms with van der Waals surface area (Å²) in [5.74, 6) is 1.12. The Labute approximate surface area is 312 Å². The first-order valence-electron chi connectivity index (χ1n) is 19.2. The number of rotatable bonds is 9. The number of likely N-dealkylation sites (tertiary alicyclic amines) is 1. The molecule has 3 fully saturated rings. The molecule has 4 aromatic heterocycles. The van der Waals surface area contributed by atoms with Gasteiger partial charge in [0.2, 0.25) is 11.8 Å². The molecule has 9 rings (SSSR count). The van der Waals surface area contributed by atoms with E-state index in [-0.39, 0.29) is 29.7 Å². The molecule has 1 aliphatic carbocycles. The van der Waals surface area contributed by atoms with E-state index in [1.165, 1.54) is 11.9 Å². The molecule has 13 nitrogen and oxygen atoms in total. The second-order valence-corrected chi connectivity index (χ2v) is 15.2. The molecule has 3 aliphatic rings. The van der Waals surface area contributed by atoms with Crippen molar-refractivity contribution in [3.05, 3.63) is 84.4 Å². The van der Waals surface area contributed by atoms with E-state index in [1.54, 1.807) is 28.7 Å². The number of ether oxygens (including phenoxy) is 1. The van der Waals surface area contributed by atoms with Crippen LogP contribution in [-0.2, 0) is 9.59 Å². The molecule has 2 aliphatic heterocycles. The summed E-state index contributed by atoms with van der Waals surface area (Å²) in [6, 6.07) is 16.4. The molecule has 2 aromatic carbocycles. The Morgan fingerprint density at radius 3 is 2.67 bits per heavy atom. The third-order valence-electron chi connectivity index (χ3n) is 12.0. The van der Waals surface area contributed by atoms with Crippen LogP contribution >= 0.6 is 0 Å². The maximum Gasteiger partial charge on any atom is 0.255 e. The van der Waals surface area contributed by atoms with Gasteiger partial charge in [-0.15, -0.1) is 0 Å². The smallest absolute Gasteiger partial charge is 0.255 e. The number of hydrogen-bond acceptors (Lipinski definition) is 8. The molecule has 1 unspecified atom stereocenters. The van der Waals surface area contributed by atoms with Gasteiger partial charge in [0.1, 0.15) is 5.75 Å². The van der Waals surface area contributed by atoms with E-state index in [4.69, 9.17) is 9.84 Å². The number of hydrogen-bond donors (Lipinski definition) is 2. The maximum atomic E-state index is 13.6. The molecule has 0 bridgehead atoms. The minimum Gasteiger partial charge on any atom is -0.496 e. The number of benzene rings is 2. The van der Waals surface area contributed by atoms with E-state index in [2.05, 4.69) is 48.5 Å². The molecule has 2 N–H and O–H groups in total. The second-order valence-electron chi connectivity index (χ2n) is 15.2. The molecule has 3 amide bonds. The van der Waals surface area contributed by atoms with Crippen LogP contribution in [0.1, 0.15) is 85.7 Å². The van der Waals surface area contributed by atoms with E-state index in [0.29, 0.717) is 41.9 Å². The van der Waals surface area contributed by atoms with Gasteiger partial charge in [-0.1, -0.05) is 12.1 Å². The van der Waals surface area contributed by atoms with Crippen molar-refractivity contribution < 1.29 is 19.1 Å². The molecule has 6 aromatic rings. The van der Waals surface area contributed by atoms with Gasteiger partial charge in [-0.25, -0.2) is 9.67 Å². The zero-order chi connectivity index (χ0) is 36.8. The molecule has 54 heavy (non-hydrogen) atoms. The van der Waals surface area contributed by atoms with Crippen molar-refractivity contribution in [1.82, 2.24) is 44.5 Å². The van der Waals surface area contributed by atoms with Gasteiger partial charge in [0.05, 0.1) is 30.3 Å². The molecule has 1 atom stereocenters. The van der Waals surface area contributed by atoms with Crippen LogP contribution in [0.2, 0.25) is 0 Å². The first-order valence-corrected chi connectivity index (χ1v) is 19.2. The predicted octanol–water partition coefficient (Wildman–Crippen LogP) is 5.57. The van der Waals surface area contributed by atoms with Crippen molar-refractivity contribution in [1.29, 1.82) is 0 Å². The Morgan fingerprint density at radius 2 is 1.85 bits per heavy atom. The molecule has 13 heteroatoms. The number of aromatic nitrogens is 6. The van der Waals surface area contributed by atoms with Gasteiger partial charge in [0.15, 0.2) is 11.5 Å². The number of nitrogens with one attached hydrogen (secondary N) is 2. The number of fused-ring (bicyclic) bond motifs is 3. The summed E-state index contributed by atoms with van der Waals surface area (Å²) < 4.78 is 11.5. The van der Waals surface area contributed by atoms with Crippen LogP contribution in [0.15, 0.2) is 73.3 Å². The van der Waals surface area contributed by atoms with Crippen molar-refractivity contribution >= 4 is 45.2 Å². The summed E-state index contributed by atoms with van der Waals surface area (Å²) in [5, 5.41) is 16.9. The zero-order valence-corrected chi connectivity index (χ0v) is 30.5. The standard InChI is InChI=1S/C41H45N9O4/c1-54-36-23-34-27(25-49(46-34)39-24-42-37-6-3-17-43-50(37)39)22-33(36)41(53)44-28-9-7-26(8-10-28)13-18-47-19-14-29(15-20-47)48-21-16-31-30(4-2-5-35(31)48)32-11-12-38(51)45-40(32)52/h2-6,16-17,21-26,28-29,32H,7-15,18-20H2,1H3,(H,44,53)(H,45,51,52). The number of carbonyl (C=O) groups excluding carboxylic acids is 3. The average Bonchev–Trinajstić information content (AvgIpc) is 3.94. The highest BCUT2D eigenvalue weighted by Crippen LogP contribution is 2.35. The molecule has 0 radical (unpaired) electrons. The largest absolute Gasteiger partial charge is 0.496 e. The highest BCUT2D eigenvalue weighted by molar-refractivity contribution is 6.03. The Hall–Kier alpha value is -5.56. The minimum atomic E-state index is -0.278. The first kappa shape index (κ1) is 34.2. The Morgan fingerprint density at radius 1 is 1.00 bits per heavy atom. The molecule has 1 saturated carbocycles. The van der Waals surface area contributed by atoms with Gasteiger partial charge in [0, 0.05) is 72.5 Å². The number of piperidine rings is 2. The molecular formula is C41H45N9O4. The number of amides is 3. The van der Waals surface area contributed by atoms with Gasteiger partial charge in [-0.3, -0.25) is 19.7 Å². The Balaban J connectivity index is 0.762. The summed E-state index contributed by atoms with van der Waals surface area (Å²) >= 11 is 0. The van der Waals surface area contributed by atoms with E-state index >= 15 is 0 Å². The quantitative estimate of drug-likeness (QED) is 0.185. The molecule has 0 spiro atoms. The van der Waals surface area contributed by atoms with Crippen LogP contribution in [0, 0.1) is 5.92 Å². The fourth-order valence-corrected chi connectivity index (χ4v) is 8.96. The number of imide groups is 1. The highest BCUT2D eigenvalue weighted by Gasteiger charge is 2.31. The summed E-state index contributed by atoms with van der Waals surface area (Å²) in [5.41, 5.74) is 4.15. The lowest BCUT2D eigenvalue weighted by Crippen LogP contribution is -2.39. The zero-order valence-electron chi connectivity index (χ0n) is 30.5. The number of methoxy groups -OCH3 is 1. The van der Waals surface area contributed by atoms with Gasteiger partial charge >= 0.3 is 0 Å². The summed E-state index contributed by atoms with van der Waals surface area (Å²) in [6.07, 6.45) is 16.0. The average molecular weight is 728 g/mol. The molecule has 2 saturated heterocycles. The maximum absolute atomic E-state index is 13.6. The van der Waals surface area contributed by atoms with Gasteiger partial charge in [0.25, 0.3) is 5.91 Å². The summed E-state index contributed by atoms with van der Waals surface area (Å²) in [6.45, 7) is 3.25. The summed E-state index contributed by atoms with van der Waals surface area (Å²) in [4.78, 5) is 45.0. The SMILES string of the molecule is COc1cc2nn(-c3cnc4cccnn34)cc2cc1C(=O)NC1CCC(CCN2CCC(n3ccc4c(C5CCC(=O)NC5=O)cccc43)CC2)CC1. The van der Waals surface area contributed by atoms with E-state index < -0.39 is 0 Å². The van der Waals surface area contributed by atoms with Gasteiger partial charge in [-0.05, 0) is 99.7 Å². The lowest BCUT2D eigenvalue weighted by atomic mass is 9.83. The Bertz CT molecular complexity index is 2360. The second kappa shape index (κ2) is 14.3. The van der Waals surface area contributed by atoms with Crippen LogP contribution in [0.5, 0.6) is 5.75 Å². The minimum absolute atomic E-state index is 0.119. The highest BCUT2D eigenvalue weighted by atomic mass is 16.5. The van der Waals surface area contributed by atoms with Crippen LogP contribution in [0.25, 0.3) is 33.3 Å². The van der Waals surface area contributed by atoms with Crippen LogP contribution in [0.4, 0.5) is 0 Å². The monoisotopic (exact) mass is 727 g/mol. The van der Waals surface area contributed by atoms with E-state index in [1.807, 2.05) is 42.6 Å². The Kier molecular flexibility index (Phi) is 9.09. The fourth-order valence-electron chi connectivity index (χ4n) is 8.96. The molecular weight excluding hydrogens is 683 g/mol. The van der Waals surface area contributed by atoms with Crippen LogP contribution in [-0.4, -0.2) is 84.4 Å². The van der Waals surface area contributed by atoms with Gasteiger partial charge in [-0.2, -0.15) is 14.7 Å². The number of nitrogens with zero attached hydrogens (tertiary/aromatic N) is 7. The van der Waals surface area contributed by atoms with Crippen molar-refractivity contribution in [2.45, 2.75) is 75.8 Å². The van der Waals surface area contributed by atoms with Crippen LogP contribution < -0.4 is 15.4 Å². The predicted molar refractivity (Wildman–Crippen MR) is 204 cm³/mol. The lowest BCUT2D eigenvalue weighted by Gasteiger charge is -2.35. The first-order chi connectivity index (χ1) is 26.4. The van der Waals surface area contributed by atoms with Crippen molar-refractivity contribution in [3.8, 4) is 11.6 Å². The van der Waals surface area contributed by atoms with Crippen molar-refractivity contribution in [3.63, 3.8) is 0 Å². The normalized spacial score (nSPS) is 21.5. The van der Waals surface area contributed by atoms with Crippen molar-refractivity contribution in [2.75, 3.05) is 26.7 Å². The molecule has 6 heterocycles. The topological polar surface area (TPSA) is 141 Å². The van der Waals surface area contributed by atoms with E-state index in [0.717, 1.165) is 85.7 Å².